The molecule has 0 aliphatic carbocycles. The number of nitrogens with zero attached hydrogens (tertiary/aromatic N) is 2. The number of aromatic nitrogens is 1. The zero-order chi connectivity index (χ0) is 12.1. The summed E-state index contributed by atoms with van der Waals surface area (Å²) in [4.78, 5) is 6.61. The Kier molecular flexibility index (Phi) is 4.34. The first kappa shape index (κ1) is 12.3. The summed E-state index contributed by atoms with van der Waals surface area (Å²) in [6, 6.07) is 3.76. The van der Waals surface area contributed by atoms with Crippen LogP contribution in [0.25, 0.3) is 0 Å². The molecule has 1 fully saturated rings. The van der Waals surface area contributed by atoms with E-state index >= 15 is 0 Å². The Balaban J connectivity index is 1.82. The van der Waals surface area contributed by atoms with Gasteiger partial charge in [-0.25, -0.2) is 0 Å². The zero-order valence-corrected chi connectivity index (χ0v) is 10.4. The maximum Gasteiger partial charge on any atom is 0.0564 e. The molecular formula is C13H21N3O. The monoisotopic (exact) mass is 235 g/mol. The van der Waals surface area contributed by atoms with Gasteiger partial charge < -0.3 is 15.4 Å². The van der Waals surface area contributed by atoms with E-state index in [9.17, 15) is 0 Å². The van der Waals surface area contributed by atoms with Crippen molar-refractivity contribution in [1.29, 1.82) is 0 Å². The van der Waals surface area contributed by atoms with Crippen molar-refractivity contribution < 1.29 is 4.74 Å². The van der Waals surface area contributed by atoms with E-state index in [2.05, 4.69) is 16.9 Å². The summed E-state index contributed by atoms with van der Waals surface area (Å²) >= 11 is 0. The summed E-state index contributed by atoms with van der Waals surface area (Å²) < 4.78 is 5.49. The molecule has 1 aliphatic rings. The maximum atomic E-state index is 5.74. The molecule has 1 aromatic heterocycles. The highest BCUT2D eigenvalue weighted by molar-refractivity contribution is 5.37. The highest BCUT2D eigenvalue weighted by Crippen LogP contribution is 2.15. The van der Waals surface area contributed by atoms with Gasteiger partial charge in [-0.1, -0.05) is 0 Å². The molecule has 2 rings (SSSR count). The highest BCUT2D eigenvalue weighted by atomic mass is 16.5. The van der Waals surface area contributed by atoms with E-state index in [0.717, 1.165) is 37.7 Å². The molecule has 0 aromatic carbocycles. The van der Waals surface area contributed by atoms with Gasteiger partial charge in [0, 0.05) is 31.6 Å². The minimum atomic E-state index is 0.662. The third-order valence-corrected chi connectivity index (χ3v) is 3.10. The number of ether oxygens (including phenoxy) is 1. The summed E-state index contributed by atoms with van der Waals surface area (Å²) in [6.45, 7) is 3.74. The van der Waals surface area contributed by atoms with E-state index < -0.39 is 0 Å². The Morgan fingerprint density at radius 2 is 2.47 bits per heavy atom. The van der Waals surface area contributed by atoms with Crippen LogP contribution in [0.3, 0.4) is 0 Å². The van der Waals surface area contributed by atoms with Crippen LogP contribution in [0.2, 0.25) is 0 Å². The second-order valence-corrected chi connectivity index (χ2v) is 4.86. The predicted molar refractivity (Wildman–Crippen MR) is 68.5 cm³/mol. The molecule has 1 saturated heterocycles. The summed E-state index contributed by atoms with van der Waals surface area (Å²) in [6.07, 6.45) is 4.23. The van der Waals surface area contributed by atoms with Crippen LogP contribution in [0.5, 0.6) is 0 Å². The number of anilines is 1. The van der Waals surface area contributed by atoms with Crippen molar-refractivity contribution in [3.63, 3.8) is 0 Å². The first-order valence-electron chi connectivity index (χ1n) is 6.21. The van der Waals surface area contributed by atoms with E-state index in [4.69, 9.17) is 10.5 Å². The minimum Gasteiger partial charge on any atom is -0.399 e. The lowest BCUT2D eigenvalue weighted by Gasteiger charge is -2.26. The highest BCUT2D eigenvalue weighted by Gasteiger charge is 2.16. The van der Waals surface area contributed by atoms with Crippen LogP contribution in [0.4, 0.5) is 5.69 Å². The number of hydrogen-bond acceptors (Lipinski definition) is 4. The fourth-order valence-corrected chi connectivity index (χ4v) is 2.32. The van der Waals surface area contributed by atoms with E-state index in [1.807, 2.05) is 12.1 Å². The van der Waals surface area contributed by atoms with E-state index in [-0.39, 0.29) is 0 Å². The predicted octanol–water partition coefficient (Wildman–Crippen LogP) is 1.52. The molecule has 2 N–H and O–H groups in total. The Bertz CT molecular complexity index is 350. The SMILES string of the molecule is CN(Cc1cc(N)ccn1)CC1CCCOC1. The summed E-state index contributed by atoms with van der Waals surface area (Å²) in [5.41, 5.74) is 7.55. The first-order valence-corrected chi connectivity index (χ1v) is 6.21. The van der Waals surface area contributed by atoms with Gasteiger partial charge in [0.05, 0.1) is 12.3 Å². The van der Waals surface area contributed by atoms with Crippen LogP contribution in [-0.4, -0.2) is 36.7 Å². The van der Waals surface area contributed by atoms with Gasteiger partial charge in [0.2, 0.25) is 0 Å². The van der Waals surface area contributed by atoms with Gasteiger partial charge in [-0.3, -0.25) is 4.98 Å². The molecule has 94 valence electrons. The molecule has 0 radical (unpaired) electrons. The van der Waals surface area contributed by atoms with E-state index in [1.54, 1.807) is 6.20 Å². The smallest absolute Gasteiger partial charge is 0.0564 e. The lowest BCUT2D eigenvalue weighted by molar-refractivity contribution is 0.0410. The number of pyridine rings is 1. The van der Waals surface area contributed by atoms with Crippen molar-refractivity contribution in [2.24, 2.45) is 5.92 Å². The third kappa shape index (κ3) is 3.98. The first-order chi connectivity index (χ1) is 8.24. The average Bonchev–Trinajstić information content (AvgIpc) is 2.30. The van der Waals surface area contributed by atoms with Crippen molar-refractivity contribution in [3.05, 3.63) is 24.0 Å². The van der Waals surface area contributed by atoms with Crippen molar-refractivity contribution in [3.8, 4) is 0 Å². The molecule has 4 nitrogen and oxygen atoms in total. The summed E-state index contributed by atoms with van der Waals surface area (Å²) in [7, 11) is 2.12. The molecule has 17 heavy (non-hydrogen) atoms. The molecular weight excluding hydrogens is 214 g/mol. The van der Waals surface area contributed by atoms with Crippen molar-refractivity contribution in [2.75, 3.05) is 32.5 Å². The number of rotatable bonds is 4. The van der Waals surface area contributed by atoms with Crippen LogP contribution in [0.1, 0.15) is 18.5 Å². The Morgan fingerprint density at radius 1 is 1.59 bits per heavy atom. The van der Waals surface area contributed by atoms with Crippen molar-refractivity contribution >= 4 is 5.69 Å². The number of nitrogen functional groups attached to an aromatic ring is 1. The Hall–Kier alpha value is -1.13. The molecule has 0 bridgehead atoms. The van der Waals surface area contributed by atoms with Gasteiger partial charge in [0.1, 0.15) is 0 Å². The Labute approximate surface area is 103 Å². The second kappa shape index (κ2) is 5.98. The van der Waals surface area contributed by atoms with Gasteiger partial charge in [-0.15, -0.1) is 0 Å². The summed E-state index contributed by atoms with van der Waals surface area (Å²) in [5, 5.41) is 0. The standard InChI is InChI=1S/C13H21N3O/c1-16(8-11-3-2-6-17-10-11)9-13-7-12(14)4-5-15-13/h4-5,7,11H,2-3,6,8-10H2,1H3,(H2,14,15). The lowest BCUT2D eigenvalue weighted by atomic mass is 10.0. The number of nitrogens with two attached hydrogens (primary N) is 1. The fraction of sp³-hybridized carbons (Fsp3) is 0.615. The third-order valence-electron chi connectivity index (χ3n) is 3.10. The Morgan fingerprint density at radius 3 is 3.18 bits per heavy atom. The molecule has 4 heteroatoms. The molecule has 1 aromatic rings. The van der Waals surface area contributed by atoms with E-state index in [0.29, 0.717) is 5.92 Å². The van der Waals surface area contributed by atoms with E-state index in [1.165, 1.54) is 12.8 Å². The second-order valence-electron chi connectivity index (χ2n) is 4.86. The van der Waals surface area contributed by atoms with Gasteiger partial charge in [-0.2, -0.15) is 0 Å². The van der Waals surface area contributed by atoms with Crippen LogP contribution >= 0.6 is 0 Å². The lowest BCUT2D eigenvalue weighted by Crippen LogP contribution is -2.30. The summed E-state index contributed by atoms with van der Waals surface area (Å²) in [5.74, 6) is 0.662. The molecule has 2 heterocycles. The number of hydrogen-bond donors (Lipinski definition) is 1. The average molecular weight is 235 g/mol. The molecule has 1 unspecified atom stereocenters. The van der Waals surface area contributed by atoms with Gasteiger partial charge in [-0.05, 0) is 37.9 Å². The quantitative estimate of drug-likeness (QED) is 0.859. The molecule has 0 amide bonds. The minimum absolute atomic E-state index is 0.662. The molecule has 0 saturated carbocycles. The molecule has 0 spiro atoms. The zero-order valence-electron chi connectivity index (χ0n) is 10.4. The van der Waals surface area contributed by atoms with Crippen molar-refractivity contribution in [2.45, 2.75) is 19.4 Å². The van der Waals surface area contributed by atoms with Crippen molar-refractivity contribution in [1.82, 2.24) is 9.88 Å². The van der Waals surface area contributed by atoms with Crippen LogP contribution in [-0.2, 0) is 11.3 Å². The molecule has 1 atom stereocenters. The largest absolute Gasteiger partial charge is 0.399 e. The van der Waals surface area contributed by atoms with Crippen LogP contribution < -0.4 is 5.73 Å². The van der Waals surface area contributed by atoms with Crippen LogP contribution in [0, 0.1) is 5.92 Å². The van der Waals surface area contributed by atoms with Crippen LogP contribution in [0.15, 0.2) is 18.3 Å². The fourth-order valence-electron chi connectivity index (χ4n) is 2.32. The topological polar surface area (TPSA) is 51.4 Å². The van der Waals surface area contributed by atoms with Gasteiger partial charge in [0.25, 0.3) is 0 Å². The molecule has 1 aliphatic heterocycles. The van der Waals surface area contributed by atoms with Gasteiger partial charge in [0.15, 0.2) is 0 Å². The maximum absolute atomic E-state index is 5.74. The van der Waals surface area contributed by atoms with Gasteiger partial charge >= 0.3 is 0 Å². The normalized spacial score (nSPS) is 20.7.